The first kappa shape index (κ1) is 15.7. The number of allylic oxidation sites excluding steroid dienone is 1. The van der Waals surface area contributed by atoms with Gasteiger partial charge in [-0.2, -0.15) is 11.8 Å². The number of carbonyl (C=O) groups is 2. The molecule has 0 radical (unpaired) electrons. The van der Waals surface area contributed by atoms with Crippen LogP contribution in [0.2, 0.25) is 0 Å². The number of fused-ring (bicyclic) bond motifs is 5. The highest BCUT2D eigenvalue weighted by atomic mass is 32.2. The Morgan fingerprint density at radius 1 is 1.08 bits per heavy atom. The van der Waals surface area contributed by atoms with E-state index in [4.69, 9.17) is 0 Å². The molecule has 24 heavy (non-hydrogen) atoms. The molecule has 4 fully saturated rings. The molecule has 1 saturated heterocycles. The van der Waals surface area contributed by atoms with Gasteiger partial charge in [0, 0.05) is 29.3 Å². The first-order valence-electron chi connectivity index (χ1n) is 9.92. The van der Waals surface area contributed by atoms with Crippen LogP contribution in [0.25, 0.3) is 0 Å². The predicted molar refractivity (Wildman–Crippen MR) is 96.9 cm³/mol. The molecule has 3 saturated carbocycles. The van der Waals surface area contributed by atoms with E-state index in [2.05, 4.69) is 18.7 Å². The zero-order chi connectivity index (χ0) is 16.5. The van der Waals surface area contributed by atoms with Gasteiger partial charge >= 0.3 is 0 Å². The van der Waals surface area contributed by atoms with Gasteiger partial charge in [0.1, 0.15) is 5.78 Å². The van der Waals surface area contributed by atoms with E-state index in [0.717, 1.165) is 55.6 Å². The van der Waals surface area contributed by atoms with Crippen molar-refractivity contribution >= 4 is 23.3 Å². The molecule has 5 rings (SSSR count). The number of ketones is 2. The number of hydrogen-bond donors (Lipinski definition) is 0. The molecule has 5 aliphatic rings. The normalized spacial score (nSPS) is 50.0. The highest BCUT2D eigenvalue weighted by Crippen LogP contribution is 2.66. The molecular formula is C21H28O2S. The molecule has 1 heterocycles. The Balaban J connectivity index is 1.54. The van der Waals surface area contributed by atoms with E-state index in [1.54, 1.807) is 0 Å². The van der Waals surface area contributed by atoms with Gasteiger partial charge in [0.15, 0.2) is 5.78 Å². The summed E-state index contributed by atoms with van der Waals surface area (Å²) < 4.78 is 0. The second-order valence-electron chi connectivity index (χ2n) is 9.29. The van der Waals surface area contributed by atoms with E-state index in [9.17, 15) is 9.59 Å². The Bertz CT molecular complexity index is 634. The van der Waals surface area contributed by atoms with Gasteiger partial charge in [0.05, 0.1) is 0 Å². The Kier molecular flexibility index (Phi) is 3.41. The molecule has 0 aromatic heterocycles. The average molecular weight is 345 g/mol. The molecule has 0 aromatic carbocycles. The van der Waals surface area contributed by atoms with E-state index in [0.29, 0.717) is 22.9 Å². The first-order valence-corrected chi connectivity index (χ1v) is 11.0. The number of carbonyl (C=O) groups excluding carboxylic acids is 2. The highest BCUT2D eigenvalue weighted by Gasteiger charge is 2.60. The van der Waals surface area contributed by atoms with Crippen LogP contribution in [0.5, 0.6) is 0 Å². The van der Waals surface area contributed by atoms with Crippen LogP contribution in [0.15, 0.2) is 11.6 Å². The summed E-state index contributed by atoms with van der Waals surface area (Å²) in [6.45, 7) is 2.27. The molecule has 1 aliphatic heterocycles. The van der Waals surface area contributed by atoms with E-state index < -0.39 is 0 Å². The smallest absolute Gasteiger partial charge is 0.155 e. The Morgan fingerprint density at radius 2 is 1.92 bits per heavy atom. The lowest BCUT2D eigenvalue weighted by Gasteiger charge is -2.58. The van der Waals surface area contributed by atoms with Gasteiger partial charge in [-0.1, -0.05) is 12.5 Å². The summed E-state index contributed by atoms with van der Waals surface area (Å²) in [5.41, 5.74) is 1.78. The number of Topliss-reactive ketones (excluding diaryl/α,β-unsaturated/α-hetero) is 1. The Labute approximate surface area is 149 Å². The van der Waals surface area contributed by atoms with E-state index >= 15 is 0 Å². The van der Waals surface area contributed by atoms with Crippen molar-refractivity contribution in [1.82, 2.24) is 0 Å². The van der Waals surface area contributed by atoms with Crippen LogP contribution < -0.4 is 0 Å². The Hall–Kier alpha value is -0.570. The zero-order valence-corrected chi connectivity index (χ0v) is 15.5. The molecule has 0 amide bonds. The lowest BCUT2D eigenvalue weighted by atomic mass is 9.46. The maximum absolute atomic E-state index is 12.5. The fourth-order valence-electron chi connectivity index (χ4n) is 7.11. The SMILES string of the molecule is C[C@]12CC[C@H]3[C@@H](CCC4=CC(=O)CC[C@@]43C[C@@H]3CS3)[C@@H]1CCC2=O. The molecule has 0 N–H and O–H groups in total. The summed E-state index contributed by atoms with van der Waals surface area (Å²) in [4.78, 5) is 24.6. The monoisotopic (exact) mass is 344 g/mol. The van der Waals surface area contributed by atoms with Crippen molar-refractivity contribution < 1.29 is 9.59 Å². The molecule has 0 bridgehead atoms. The van der Waals surface area contributed by atoms with Crippen molar-refractivity contribution in [3.63, 3.8) is 0 Å². The van der Waals surface area contributed by atoms with Crippen LogP contribution in [0.4, 0.5) is 0 Å². The zero-order valence-electron chi connectivity index (χ0n) is 14.7. The van der Waals surface area contributed by atoms with Crippen LogP contribution in [-0.4, -0.2) is 22.6 Å². The fraction of sp³-hybridized carbons (Fsp3) is 0.810. The van der Waals surface area contributed by atoms with Crippen molar-refractivity contribution in [2.75, 3.05) is 5.75 Å². The third kappa shape index (κ3) is 2.09. The minimum atomic E-state index is -0.0254. The summed E-state index contributed by atoms with van der Waals surface area (Å²) in [5, 5.41) is 0.832. The summed E-state index contributed by atoms with van der Waals surface area (Å²) in [6, 6.07) is 0. The number of thioether (sulfide) groups is 1. The van der Waals surface area contributed by atoms with Gasteiger partial charge in [-0.15, -0.1) is 0 Å². The van der Waals surface area contributed by atoms with Crippen LogP contribution in [0.3, 0.4) is 0 Å². The van der Waals surface area contributed by atoms with Crippen LogP contribution in [0.1, 0.15) is 64.7 Å². The van der Waals surface area contributed by atoms with Gasteiger partial charge in [-0.3, -0.25) is 9.59 Å². The molecule has 130 valence electrons. The van der Waals surface area contributed by atoms with Gasteiger partial charge < -0.3 is 0 Å². The average Bonchev–Trinajstić information content (AvgIpc) is 3.32. The van der Waals surface area contributed by atoms with Crippen LogP contribution in [-0.2, 0) is 9.59 Å². The fourth-order valence-corrected chi connectivity index (χ4v) is 7.78. The standard InChI is InChI=1S/C21H28O2S/c1-20-8-7-18-16(17(20)4-5-19(20)23)3-2-13-10-14(22)6-9-21(13,18)11-15-12-24-15/h10,15-18H,2-9,11-12H2,1H3/t15-,16+,17+,18+,20+,21-/m1/s1. The van der Waals surface area contributed by atoms with Crippen molar-refractivity contribution in [1.29, 1.82) is 0 Å². The minimum Gasteiger partial charge on any atom is -0.299 e. The first-order chi connectivity index (χ1) is 11.5. The molecule has 0 aromatic rings. The lowest BCUT2D eigenvalue weighted by molar-refractivity contribution is -0.133. The van der Waals surface area contributed by atoms with Crippen LogP contribution in [0, 0.1) is 28.6 Å². The topological polar surface area (TPSA) is 34.1 Å². The predicted octanol–water partition coefficient (Wildman–Crippen LogP) is 4.57. The Morgan fingerprint density at radius 3 is 2.71 bits per heavy atom. The summed E-state index contributed by atoms with van der Waals surface area (Å²) >= 11 is 2.11. The van der Waals surface area contributed by atoms with E-state index in [1.807, 2.05) is 6.08 Å². The maximum Gasteiger partial charge on any atom is 0.155 e. The molecule has 4 aliphatic carbocycles. The third-order valence-electron chi connectivity index (χ3n) is 8.39. The third-order valence-corrected chi connectivity index (χ3v) is 9.36. The second kappa shape index (κ2) is 5.22. The summed E-state index contributed by atoms with van der Waals surface area (Å²) in [7, 11) is 0. The molecule has 2 nitrogen and oxygen atoms in total. The summed E-state index contributed by atoms with van der Waals surface area (Å²) in [6.07, 6.45) is 11.8. The minimum absolute atomic E-state index is 0.0254. The summed E-state index contributed by atoms with van der Waals surface area (Å²) in [5.74, 6) is 4.30. The second-order valence-corrected chi connectivity index (χ2v) is 10.6. The van der Waals surface area contributed by atoms with Gasteiger partial charge in [-0.05, 0) is 74.2 Å². The van der Waals surface area contributed by atoms with Crippen molar-refractivity contribution in [3.8, 4) is 0 Å². The maximum atomic E-state index is 12.5. The van der Waals surface area contributed by atoms with Crippen molar-refractivity contribution in [2.24, 2.45) is 28.6 Å². The lowest BCUT2D eigenvalue weighted by Crippen LogP contribution is -2.52. The molecule has 3 heteroatoms. The van der Waals surface area contributed by atoms with Crippen molar-refractivity contribution in [3.05, 3.63) is 11.6 Å². The van der Waals surface area contributed by atoms with E-state index in [1.165, 1.54) is 30.6 Å². The number of rotatable bonds is 2. The van der Waals surface area contributed by atoms with Gasteiger partial charge in [-0.25, -0.2) is 0 Å². The van der Waals surface area contributed by atoms with Gasteiger partial charge in [0.25, 0.3) is 0 Å². The highest BCUT2D eigenvalue weighted by molar-refractivity contribution is 8.06. The quantitative estimate of drug-likeness (QED) is 0.688. The van der Waals surface area contributed by atoms with E-state index in [-0.39, 0.29) is 5.41 Å². The number of hydrogen-bond acceptors (Lipinski definition) is 3. The molecular weight excluding hydrogens is 316 g/mol. The van der Waals surface area contributed by atoms with Crippen molar-refractivity contribution in [2.45, 2.75) is 70.0 Å². The molecule has 0 spiro atoms. The largest absolute Gasteiger partial charge is 0.299 e. The van der Waals surface area contributed by atoms with Crippen LogP contribution >= 0.6 is 11.8 Å². The van der Waals surface area contributed by atoms with Gasteiger partial charge in [0.2, 0.25) is 0 Å². The molecule has 0 unspecified atom stereocenters. The molecule has 6 atom stereocenters.